The first-order valence-corrected chi connectivity index (χ1v) is 14.7. The second-order valence-electron chi connectivity index (χ2n) is 9.55. The largest absolute Gasteiger partial charge is 0.355 e. The molecule has 0 bridgehead atoms. The van der Waals surface area contributed by atoms with Gasteiger partial charge < -0.3 is 10.2 Å². The minimum Gasteiger partial charge on any atom is -0.355 e. The van der Waals surface area contributed by atoms with Crippen molar-refractivity contribution in [2.45, 2.75) is 39.8 Å². The zero-order valence-corrected chi connectivity index (χ0v) is 23.8. The Balaban J connectivity index is 2.10. The van der Waals surface area contributed by atoms with Gasteiger partial charge in [-0.05, 0) is 43.0 Å². The van der Waals surface area contributed by atoms with Crippen molar-refractivity contribution in [3.05, 3.63) is 105 Å². The Morgan fingerprint density at radius 2 is 1.62 bits per heavy atom. The van der Waals surface area contributed by atoms with Crippen LogP contribution in [0.2, 0.25) is 0 Å². The predicted octanol–water partition coefficient (Wildman–Crippen LogP) is 3.75. The van der Waals surface area contributed by atoms with Crippen LogP contribution in [0.5, 0.6) is 0 Å². The minimum absolute atomic E-state index is 0.0264. The number of non-ortho nitro benzene ring substituents is 1. The molecule has 0 aliphatic heterocycles. The molecule has 0 saturated heterocycles. The molecule has 1 atom stereocenters. The third-order valence-corrected chi connectivity index (χ3v) is 7.70. The molecule has 0 unspecified atom stereocenters. The number of hydrogen-bond acceptors (Lipinski definition) is 6. The zero-order chi connectivity index (χ0) is 29.4. The molecular weight excluding hydrogens is 532 g/mol. The fraction of sp³-hybridized carbons (Fsp3) is 0.310. The van der Waals surface area contributed by atoms with Gasteiger partial charge in [0.2, 0.25) is 21.8 Å². The van der Waals surface area contributed by atoms with Gasteiger partial charge in [0.05, 0.1) is 16.9 Å². The predicted molar refractivity (Wildman–Crippen MR) is 154 cm³/mol. The Kier molecular flexibility index (Phi) is 10.0. The van der Waals surface area contributed by atoms with Crippen LogP contribution in [0.1, 0.15) is 29.2 Å². The number of nitro groups is 1. The Bertz CT molecular complexity index is 1480. The monoisotopic (exact) mass is 566 g/mol. The smallest absolute Gasteiger partial charge is 0.271 e. The van der Waals surface area contributed by atoms with Crippen molar-refractivity contribution < 1.29 is 22.9 Å². The molecule has 0 heterocycles. The van der Waals surface area contributed by atoms with Gasteiger partial charge in [0.1, 0.15) is 12.6 Å². The van der Waals surface area contributed by atoms with Crippen LogP contribution in [-0.2, 0) is 32.6 Å². The first-order valence-electron chi connectivity index (χ1n) is 12.8. The molecular formula is C29H34N4O6S. The van der Waals surface area contributed by atoms with Gasteiger partial charge in [0.25, 0.3) is 5.69 Å². The minimum atomic E-state index is -4.04. The molecule has 40 heavy (non-hydrogen) atoms. The van der Waals surface area contributed by atoms with E-state index < -0.39 is 33.4 Å². The molecule has 0 aromatic heterocycles. The maximum Gasteiger partial charge on any atom is 0.271 e. The Labute approximate surface area is 234 Å². The average Bonchev–Trinajstić information content (AvgIpc) is 2.90. The van der Waals surface area contributed by atoms with Crippen LogP contribution in [-0.4, -0.2) is 55.4 Å². The maximum atomic E-state index is 14.1. The summed E-state index contributed by atoms with van der Waals surface area (Å²) in [5.41, 5.74) is 2.70. The van der Waals surface area contributed by atoms with Crippen molar-refractivity contribution in [2.24, 2.45) is 0 Å². The summed E-state index contributed by atoms with van der Waals surface area (Å²) in [5.74, 6) is -0.988. The number of sulfonamides is 1. The van der Waals surface area contributed by atoms with E-state index in [9.17, 15) is 28.1 Å². The van der Waals surface area contributed by atoms with E-state index in [0.717, 1.165) is 33.3 Å². The van der Waals surface area contributed by atoms with E-state index in [0.29, 0.717) is 12.1 Å². The van der Waals surface area contributed by atoms with E-state index >= 15 is 0 Å². The molecule has 0 aliphatic rings. The summed E-state index contributed by atoms with van der Waals surface area (Å²) < 4.78 is 26.7. The second kappa shape index (κ2) is 13.2. The highest BCUT2D eigenvalue weighted by atomic mass is 32.2. The Hall–Kier alpha value is -4.25. The van der Waals surface area contributed by atoms with Crippen molar-refractivity contribution in [1.82, 2.24) is 10.2 Å². The summed E-state index contributed by atoms with van der Waals surface area (Å²) in [6, 6.07) is 19.6. The lowest BCUT2D eigenvalue weighted by Gasteiger charge is -2.34. The van der Waals surface area contributed by atoms with Crippen LogP contribution in [0.15, 0.2) is 72.8 Å². The average molecular weight is 567 g/mol. The number of amides is 2. The molecule has 0 radical (unpaired) electrons. The van der Waals surface area contributed by atoms with Gasteiger partial charge in [0.15, 0.2) is 0 Å². The fourth-order valence-electron chi connectivity index (χ4n) is 4.39. The van der Waals surface area contributed by atoms with Gasteiger partial charge in [-0.1, -0.05) is 60.7 Å². The number of benzene rings is 3. The summed E-state index contributed by atoms with van der Waals surface area (Å²) >= 11 is 0. The van der Waals surface area contributed by atoms with E-state index in [1.165, 1.54) is 17.0 Å². The molecule has 212 valence electrons. The number of nitrogens with one attached hydrogen (secondary N) is 1. The van der Waals surface area contributed by atoms with Crippen molar-refractivity contribution >= 4 is 33.2 Å². The summed E-state index contributed by atoms with van der Waals surface area (Å²) in [6.07, 6.45) is 1.15. The number of anilines is 1. The van der Waals surface area contributed by atoms with Crippen molar-refractivity contribution in [1.29, 1.82) is 0 Å². The van der Waals surface area contributed by atoms with Gasteiger partial charge in [0, 0.05) is 31.6 Å². The van der Waals surface area contributed by atoms with E-state index in [2.05, 4.69) is 5.32 Å². The van der Waals surface area contributed by atoms with E-state index in [4.69, 9.17) is 0 Å². The summed E-state index contributed by atoms with van der Waals surface area (Å²) in [4.78, 5) is 39.6. The third-order valence-electron chi connectivity index (χ3n) is 6.58. The lowest BCUT2D eigenvalue weighted by atomic mass is 10.0. The summed E-state index contributed by atoms with van der Waals surface area (Å²) in [6.45, 7) is 5.05. The standard InChI is InChI=1S/C29H34N4O6S/c1-5-30-29(35)27(17-23-12-7-6-8-13-23)31(19-24-14-10-9-11-21(24)2)28(34)20-32(40(4,38)39)26-18-25(33(36)37)16-15-22(26)3/h6-16,18,27H,5,17,19-20H2,1-4H3,(H,30,35)/t27-/m1/s1. The number of carbonyl (C=O) groups is 2. The molecule has 0 fully saturated rings. The third kappa shape index (κ3) is 7.66. The van der Waals surface area contributed by atoms with Gasteiger partial charge in [-0.3, -0.25) is 24.0 Å². The van der Waals surface area contributed by atoms with Gasteiger partial charge in [-0.2, -0.15) is 0 Å². The molecule has 1 N–H and O–H groups in total. The Morgan fingerprint density at radius 1 is 0.975 bits per heavy atom. The topological polar surface area (TPSA) is 130 Å². The van der Waals surface area contributed by atoms with Crippen molar-refractivity contribution in [3.63, 3.8) is 0 Å². The number of likely N-dealkylation sites (N-methyl/N-ethyl adjacent to an activating group) is 1. The maximum absolute atomic E-state index is 14.1. The fourth-order valence-corrected chi connectivity index (χ4v) is 5.29. The molecule has 11 heteroatoms. The lowest BCUT2D eigenvalue weighted by Crippen LogP contribution is -2.53. The highest BCUT2D eigenvalue weighted by molar-refractivity contribution is 7.92. The first kappa shape index (κ1) is 30.3. The lowest BCUT2D eigenvalue weighted by molar-refractivity contribution is -0.384. The second-order valence-corrected chi connectivity index (χ2v) is 11.5. The van der Waals surface area contributed by atoms with Gasteiger partial charge >= 0.3 is 0 Å². The summed E-state index contributed by atoms with van der Waals surface area (Å²) in [5, 5.41) is 14.2. The molecule has 10 nitrogen and oxygen atoms in total. The zero-order valence-electron chi connectivity index (χ0n) is 23.0. The highest BCUT2D eigenvalue weighted by Gasteiger charge is 2.33. The van der Waals surface area contributed by atoms with Crippen LogP contribution in [0.4, 0.5) is 11.4 Å². The van der Waals surface area contributed by atoms with E-state index in [1.807, 2.05) is 61.5 Å². The molecule has 2 amide bonds. The molecule has 0 spiro atoms. The van der Waals surface area contributed by atoms with Crippen LogP contribution in [0, 0.1) is 24.0 Å². The number of nitro benzene ring substituents is 1. The quantitative estimate of drug-likeness (QED) is 0.263. The Morgan fingerprint density at radius 3 is 2.23 bits per heavy atom. The van der Waals surface area contributed by atoms with E-state index in [1.54, 1.807) is 13.8 Å². The number of hydrogen-bond donors (Lipinski definition) is 1. The number of carbonyl (C=O) groups excluding carboxylic acids is 2. The summed E-state index contributed by atoms with van der Waals surface area (Å²) in [7, 11) is -4.04. The molecule has 3 aromatic rings. The van der Waals surface area contributed by atoms with Crippen LogP contribution in [0.3, 0.4) is 0 Å². The van der Waals surface area contributed by atoms with Crippen molar-refractivity contribution in [3.8, 4) is 0 Å². The first-order chi connectivity index (χ1) is 18.9. The van der Waals surface area contributed by atoms with Gasteiger partial charge in [-0.15, -0.1) is 0 Å². The normalized spacial score (nSPS) is 11.9. The van der Waals surface area contributed by atoms with Crippen molar-refractivity contribution in [2.75, 3.05) is 23.7 Å². The number of nitrogens with zero attached hydrogens (tertiary/aromatic N) is 3. The van der Waals surface area contributed by atoms with E-state index in [-0.39, 0.29) is 30.2 Å². The molecule has 0 aliphatic carbocycles. The number of rotatable bonds is 12. The van der Waals surface area contributed by atoms with Crippen LogP contribution in [0.25, 0.3) is 0 Å². The van der Waals surface area contributed by atoms with Crippen LogP contribution < -0.4 is 9.62 Å². The van der Waals surface area contributed by atoms with Gasteiger partial charge in [-0.25, -0.2) is 8.42 Å². The van der Waals surface area contributed by atoms with Crippen LogP contribution >= 0.6 is 0 Å². The SMILES string of the molecule is CCNC(=O)[C@@H](Cc1ccccc1)N(Cc1ccccc1C)C(=O)CN(c1cc([N+](=O)[O-])ccc1C)S(C)(=O)=O. The number of aryl methyl sites for hydroxylation is 2. The molecule has 3 rings (SSSR count). The molecule has 3 aromatic carbocycles. The molecule has 0 saturated carbocycles. The highest BCUT2D eigenvalue weighted by Crippen LogP contribution is 2.28.